The van der Waals surface area contributed by atoms with Crippen molar-refractivity contribution in [3.05, 3.63) is 29.8 Å². The van der Waals surface area contributed by atoms with Crippen molar-refractivity contribution in [1.29, 1.82) is 0 Å². The van der Waals surface area contributed by atoms with E-state index in [2.05, 4.69) is 52.2 Å². The maximum absolute atomic E-state index is 13.1. The summed E-state index contributed by atoms with van der Waals surface area (Å²) in [7, 11) is 0. The molecule has 29 heavy (non-hydrogen) atoms. The number of carbonyl (C=O) groups is 3. The molecule has 2 atom stereocenters. The molecule has 2 aliphatic rings. The minimum atomic E-state index is -0.882. The number of benzene rings is 1. The number of hydrogen-bond acceptors (Lipinski definition) is 3. The monoisotopic (exact) mass is 399 g/mol. The predicted octanol–water partition coefficient (Wildman–Crippen LogP) is 4.06. The minimum Gasteiger partial charge on any atom is -0.325 e. The normalized spacial score (nSPS) is 26.6. The predicted molar refractivity (Wildman–Crippen MR) is 114 cm³/mol. The first-order chi connectivity index (χ1) is 13.3. The van der Waals surface area contributed by atoms with Gasteiger partial charge in [0, 0.05) is 5.69 Å². The van der Waals surface area contributed by atoms with Crippen LogP contribution in [0.25, 0.3) is 0 Å². The van der Waals surface area contributed by atoms with Crippen molar-refractivity contribution in [3.8, 4) is 0 Å². The second-order valence-corrected chi connectivity index (χ2v) is 10.6. The van der Waals surface area contributed by atoms with Crippen LogP contribution in [0.1, 0.15) is 66.4 Å². The average Bonchev–Trinajstić information content (AvgIpc) is 2.76. The third-order valence-electron chi connectivity index (χ3n) is 5.96. The molecular weight excluding hydrogens is 366 g/mol. The molecule has 2 unspecified atom stereocenters. The number of carbonyl (C=O) groups excluding carboxylic acids is 3. The van der Waals surface area contributed by atoms with E-state index in [-0.39, 0.29) is 29.2 Å². The summed E-state index contributed by atoms with van der Waals surface area (Å²) in [5, 5.41) is 5.70. The Kier molecular flexibility index (Phi) is 5.26. The Morgan fingerprint density at radius 3 is 2.34 bits per heavy atom. The maximum Gasteiger partial charge on any atom is 0.325 e. The van der Waals surface area contributed by atoms with Crippen LogP contribution in [-0.4, -0.2) is 34.8 Å². The molecule has 4 amide bonds. The number of anilines is 1. The summed E-state index contributed by atoms with van der Waals surface area (Å²) in [5.74, 6) is -0.323. The van der Waals surface area contributed by atoms with E-state index in [0.29, 0.717) is 24.4 Å². The van der Waals surface area contributed by atoms with Crippen LogP contribution >= 0.6 is 0 Å². The summed E-state index contributed by atoms with van der Waals surface area (Å²) in [6.07, 6.45) is 2.23. The molecule has 3 rings (SSSR count). The highest BCUT2D eigenvalue weighted by Crippen LogP contribution is 2.46. The first-order valence-corrected chi connectivity index (χ1v) is 10.4. The highest BCUT2D eigenvalue weighted by atomic mass is 16.2. The molecule has 1 spiro atoms. The molecule has 1 aliphatic heterocycles. The fraction of sp³-hybridized carbons (Fsp3) is 0.609. The summed E-state index contributed by atoms with van der Waals surface area (Å²) in [4.78, 5) is 39.2. The molecule has 0 radical (unpaired) electrons. The van der Waals surface area contributed by atoms with Crippen molar-refractivity contribution in [2.45, 2.75) is 71.8 Å². The van der Waals surface area contributed by atoms with Crippen molar-refractivity contribution < 1.29 is 14.4 Å². The van der Waals surface area contributed by atoms with Gasteiger partial charge in [-0.1, -0.05) is 53.7 Å². The lowest BCUT2D eigenvalue weighted by atomic mass is 9.64. The molecule has 2 N–H and O–H groups in total. The lowest BCUT2D eigenvalue weighted by Gasteiger charge is -2.43. The van der Waals surface area contributed by atoms with Gasteiger partial charge in [-0.25, -0.2) is 4.79 Å². The van der Waals surface area contributed by atoms with Crippen molar-refractivity contribution in [2.75, 3.05) is 11.9 Å². The van der Waals surface area contributed by atoms with E-state index >= 15 is 0 Å². The highest BCUT2D eigenvalue weighted by molar-refractivity contribution is 6.10. The van der Waals surface area contributed by atoms with Crippen molar-refractivity contribution in [1.82, 2.24) is 10.2 Å². The lowest BCUT2D eigenvalue weighted by molar-refractivity contribution is -0.136. The minimum absolute atomic E-state index is 0.0296. The Morgan fingerprint density at radius 1 is 1.17 bits per heavy atom. The van der Waals surface area contributed by atoms with Crippen molar-refractivity contribution in [3.63, 3.8) is 0 Å². The first kappa shape index (κ1) is 21.3. The van der Waals surface area contributed by atoms with Gasteiger partial charge < -0.3 is 10.6 Å². The van der Waals surface area contributed by atoms with Crippen LogP contribution in [0.3, 0.4) is 0 Å². The summed E-state index contributed by atoms with van der Waals surface area (Å²) in [5.41, 5.74) is 0.931. The number of nitrogens with zero attached hydrogens (tertiary/aromatic N) is 1. The van der Waals surface area contributed by atoms with E-state index in [1.807, 2.05) is 24.3 Å². The first-order valence-electron chi connectivity index (χ1n) is 10.4. The Morgan fingerprint density at radius 2 is 1.79 bits per heavy atom. The van der Waals surface area contributed by atoms with Gasteiger partial charge in [0.1, 0.15) is 12.1 Å². The quantitative estimate of drug-likeness (QED) is 0.753. The van der Waals surface area contributed by atoms with E-state index < -0.39 is 11.6 Å². The van der Waals surface area contributed by atoms with Crippen LogP contribution in [-0.2, 0) is 15.0 Å². The summed E-state index contributed by atoms with van der Waals surface area (Å²) in [6, 6.07) is 7.17. The molecule has 1 saturated carbocycles. The number of nitrogens with one attached hydrogen (secondary N) is 2. The number of hydrogen-bond donors (Lipinski definition) is 2. The summed E-state index contributed by atoms with van der Waals surface area (Å²) in [6.45, 7) is 12.5. The van der Waals surface area contributed by atoms with Gasteiger partial charge in [-0.2, -0.15) is 0 Å². The fourth-order valence-electron chi connectivity index (χ4n) is 5.05. The van der Waals surface area contributed by atoms with Gasteiger partial charge in [-0.05, 0) is 53.7 Å². The molecule has 1 aliphatic carbocycles. The molecule has 1 saturated heterocycles. The van der Waals surface area contributed by atoms with Gasteiger partial charge in [-0.15, -0.1) is 0 Å². The number of urea groups is 1. The SMILES string of the molecule is CC1CC(C)(C)CC2(C1)NC(=O)N(CC(=O)Nc1ccc(C(C)(C)C)cc1)C2=O. The van der Waals surface area contributed by atoms with Crippen LogP contribution in [0.4, 0.5) is 10.5 Å². The largest absolute Gasteiger partial charge is 0.325 e. The molecule has 0 bridgehead atoms. The van der Waals surface area contributed by atoms with Crippen LogP contribution in [0.2, 0.25) is 0 Å². The Balaban J connectivity index is 1.68. The molecule has 0 aromatic heterocycles. The number of rotatable bonds is 3. The molecule has 6 nitrogen and oxygen atoms in total. The Hall–Kier alpha value is -2.37. The second kappa shape index (κ2) is 7.15. The molecule has 1 heterocycles. The molecule has 2 fully saturated rings. The van der Waals surface area contributed by atoms with Crippen molar-refractivity contribution in [2.24, 2.45) is 11.3 Å². The van der Waals surface area contributed by atoms with E-state index in [9.17, 15) is 14.4 Å². The third kappa shape index (κ3) is 4.46. The van der Waals surface area contributed by atoms with Crippen LogP contribution in [0.15, 0.2) is 24.3 Å². The topological polar surface area (TPSA) is 78.5 Å². The fourth-order valence-corrected chi connectivity index (χ4v) is 5.05. The van der Waals surface area contributed by atoms with Crippen LogP contribution in [0.5, 0.6) is 0 Å². The molecule has 158 valence electrons. The summed E-state index contributed by atoms with van der Waals surface area (Å²) < 4.78 is 0. The maximum atomic E-state index is 13.1. The van der Waals surface area contributed by atoms with E-state index in [4.69, 9.17) is 0 Å². The highest BCUT2D eigenvalue weighted by Gasteiger charge is 2.56. The van der Waals surface area contributed by atoms with Crippen LogP contribution in [0, 0.1) is 11.3 Å². The standard InChI is InChI=1S/C23H33N3O3/c1-15-11-22(5,6)14-23(12-15)19(28)26(20(29)25-23)13-18(27)24-17-9-7-16(8-10-17)21(2,3)4/h7-10,15H,11-14H2,1-6H3,(H,24,27)(H,25,29). The molecular formula is C23H33N3O3. The zero-order chi connectivity index (χ0) is 21.6. The molecule has 6 heteroatoms. The number of imide groups is 1. The Bertz CT molecular complexity index is 823. The molecule has 1 aromatic carbocycles. The smallest absolute Gasteiger partial charge is 0.325 e. The van der Waals surface area contributed by atoms with E-state index in [1.165, 1.54) is 5.56 Å². The van der Waals surface area contributed by atoms with E-state index in [0.717, 1.165) is 11.3 Å². The zero-order valence-electron chi connectivity index (χ0n) is 18.4. The van der Waals surface area contributed by atoms with Crippen molar-refractivity contribution >= 4 is 23.5 Å². The second-order valence-electron chi connectivity index (χ2n) is 10.6. The van der Waals surface area contributed by atoms with Crippen LogP contribution < -0.4 is 10.6 Å². The summed E-state index contributed by atoms with van der Waals surface area (Å²) >= 11 is 0. The van der Waals surface area contributed by atoms with Gasteiger partial charge in [0.05, 0.1) is 0 Å². The van der Waals surface area contributed by atoms with Gasteiger partial charge in [0.15, 0.2) is 0 Å². The van der Waals surface area contributed by atoms with Gasteiger partial charge in [0.2, 0.25) is 5.91 Å². The van der Waals surface area contributed by atoms with Gasteiger partial charge in [-0.3, -0.25) is 14.5 Å². The van der Waals surface area contributed by atoms with E-state index in [1.54, 1.807) is 0 Å². The average molecular weight is 400 g/mol. The lowest BCUT2D eigenvalue weighted by Crippen LogP contribution is -2.54. The van der Waals surface area contributed by atoms with Gasteiger partial charge >= 0.3 is 6.03 Å². The molecule has 1 aromatic rings. The number of amides is 4. The third-order valence-corrected chi connectivity index (χ3v) is 5.96. The van der Waals surface area contributed by atoms with Gasteiger partial charge in [0.25, 0.3) is 5.91 Å². The Labute approximate surface area is 173 Å². The zero-order valence-corrected chi connectivity index (χ0v) is 18.4.